The zero-order chi connectivity index (χ0) is 10.5. The lowest BCUT2D eigenvalue weighted by molar-refractivity contribution is -0.105. The molecule has 1 unspecified atom stereocenters. The van der Waals surface area contributed by atoms with Crippen LogP contribution in [-0.2, 0) is 11.2 Å². The van der Waals surface area contributed by atoms with E-state index in [1.807, 2.05) is 12.1 Å². The molecule has 0 amide bonds. The molecule has 0 N–H and O–H groups in total. The molecule has 0 spiro atoms. The number of hydrogen-bond donors (Lipinski definition) is 0. The fraction of sp³-hybridized carbons (Fsp3) is 0.538. The molecule has 2 heteroatoms. The van der Waals surface area contributed by atoms with Crippen molar-refractivity contribution in [3.05, 3.63) is 29.8 Å². The van der Waals surface area contributed by atoms with Gasteiger partial charge in [0.1, 0.15) is 5.75 Å². The normalized spacial score (nSPS) is 21.3. The summed E-state index contributed by atoms with van der Waals surface area (Å²) in [5, 5.41) is 0. The van der Waals surface area contributed by atoms with E-state index in [2.05, 4.69) is 19.1 Å². The summed E-state index contributed by atoms with van der Waals surface area (Å²) in [5.74, 6) is 0.932. The highest BCUT2D eigenvalue weighted by atomic mass is 16.7. The van der Waals surface area contributed by atoms with Gasteiger partial charge in [-0.15, -0.1) is 0 Å². The fourth-order valence-electron chi connectivity index (χ4n) is 1.79. The smallest absolute Gasteiger partial charge is 0.199 e. The van der Waals surface area contributed by atoms with Gasteiger partial charge >= 0.3 is 0 Å². The maximum absolute atomic E-state index is 5.78. The Labute approximate surface area is 91.2 Å². The lowest BCUT2D eigenvalue weighted by Gasteiger charge is -2.23. The highest BCUT2D eigenvalue weighted by Gasteiger charge is 2.14. The number of ether oxygens (including phenoxy) is 2. The Kier molecular flexibility index (Phi) is 3.62. The predicted molar refractivity (Wildman–Crippen MR) is 60.0 cm³/mol. The van der Waals surface area contributed by atoms with Gasteiger partial charge in [0.05, 0.1) is 6.61 Å². The molecule has 0 aromatic heterocycles. The summed E-state index contributed by atoms with van der Waals surface area (Å²) in [7, 11) is 0. The van der Waals surface area contributed by atoms with Crippen molar-refractivity contribution in [1.82, 2.24) is 0 Å². The first-order valence-corrected chi connectivity index (χ1v) is 5.75. The first kappa shape index (κ1) is 10.5. The quantitative estimate of drug-likeness (QED) is 0.756. The second kappa shape index (κ2) is 5.17. The number of rotatable bonds is 3. The van der Waals surface area contributed by atoms with E-state index in [0.29, 0.717) is 0 Å². The molecule has 1 aliphatic rings. The van der Waals surface area contributed by atoms with Crippen LogP contribution in [0.25, 0.3) is 0 Å². The Bertz CT molecular complexity index is 303. The van der Waals surface area contributed by atoms with E-state index < -0.39 is 0 Å². The van der Waals surface area contributed by atoms with E-state index >= 15 is 0 Å². The molecule has 1 aromatic rings. The monoisotopic (exact) mass is 206 g/mol. The van der Waals surface area contributed by atoms with Crippen LogP contribution >= 0.6 is 0 Å². The molecule has 2 nitrogen and oxygen atoms in total. The van der Waals surface area contributed by atoms with Gasteiger partial charge in [-0.1, -0.05) is 19.1 Å². The van der Waals surface area contributed by atoms with Crippen LogP contribution < -0.4 is 4.74 Å². The molecule has 2 rings (SSSR count). The lowest BCUT2D eigenvalue weighted by Crippen LogP contribution is -2.24. The Morgan fingerprint density at radius 3 is 3.07 bits per heavy atom. The van der Waals surface area contributed by atoms with Crippen molar-refractivity contribution in [2.75, 3.05) is 6.61 Å². The third-order valence-electron chi connectivity index (χ3n) is 2.71. The molecule has 1 aliphatic heterocycles. The second-order valence-electron chi connectivity index (χ2n) is 3.91. The molecule has 1 fully saturated rings. The average molecular weight is 206 g/mol. The van der Waals surface area contributed by atoms with Gasteiger partial charge in [0.2, 0.25) is 0 Å². The van der Waals surface area contributed by atoms with E-state index in [0.717, 1.165) is 31.6 Å². The van der Waals surface area contributed by atoms with Crippen LogP contribution in [0.15, 0.2) is 24.3 Å². The van der Waals surface area contributed by atoms with Crippen LogP contribution in [0.5, 0.6) is 5.75 Å². The summed E-state index contributed by atoms with van der Waals surface area (Å²) in [6.45, 7) is 2.98. The van der Waals surface area contributed by atoms with Crippen molar-refractivity contribution in [2.45, 2.75) is 38.9 Å². The Hall–Kier alpha value is -1.02. The molecule has 0 radical (unpaired) electrons. The van der Waals surface area contributed by atoms with Gasteiger partial charge in [0.15, 0.2) is 6.29 Å². The number of hydrogen-bond acceptors (Lipinski definition) is 2. The van der Waals surface area contributed by atoms with Crippen molar-refractivity contribution in [3.63, 3.8) is 0 Å². The predicted octanol–water partition coefficient (Wildman–Crippen LogP) is 3.15. The molecular formula is C13H18O2. The molecule has 82 valence electrons. The van der Waals surface area contributed by atoms with Crippen LogP contribution in [0.2, 0.25) is 0 Å². The Balaban J connectivity index is 1.96. The second-order valence-corrected chi connectivity index (χ2v) is 3.91. The van der Waals surface area contributed by atoms with E-state index in [-0.39, 0.29) is 6.29 Å². The van der Waals surface area contributed by atoms with Gasteiger partial charge in [0.25, 0.3) is 0 Å². The lowest BCUT2D eigenvalue weighted by atomic mass is 10.1. The summed E-state index contributed by atoms with van der Waals surface area (Å²) >= 11 is 0. The Morgan fingerprint density at radius 2 is 2.33 bits per heavy atom. The van der Waals surface area contributed by atoms with E-state index in [4.69, 9.17) is 9.47 Å². The van der Waals surface area contributed by atoms with Crippen molar-refractivity contribution in [2.24, 2.45) is 0 Å². The third-order valence-corrected chi connectivity index (χ3v) is 2.71. The molecule has 1 atom stereocenters. The molecule has 1 heterocycles. The van der Waals surface area contributed by atoms with Gasteiger partial charge in [0, 0.05) is 6.42 Å². The standard InChI is InChI=1S/C13H18O2/c1-2-11-6-5-7-12(10-11)15-13-8-3-4-9-14-13/h5-7,10,13H,2-4,8-9H2,1H3. The minimum atomic E-state index is -0.0362. The molecule has 15 heavy (non-hydrogen) atoms. The van der Waals surface area contributed by atoms with Gasteiger partial charge in [-0.05, 0) is 37.0 Å². The van der Waals surface area contributed by atoms with Gasteiger partial charge in [-0.2, -0.15) is 0 Å². The average Bonchev–Trinajstić information content (AvgIpc) is 2.31. The van der Waals surface area contributed by atoms with Crippen LogP contribution in [0.3, 0.4) is 0 Å². The van der Waals surface area contributed by atoms with Gasteiger partial charge < -0.3 is 9.47 Å². The maximum atomic E-state index is 5.78. The summed E-state index contributed by atoms with van der Waals surface area (Å²) < 4.78 is 11.3. The minimum Gasteiger partial charge on any atom is -0.465 e. The summed E-state index contributed by atoms with van der Waals surface area (Å²) in [6, 6.07) is 8.25. The third kappa shape index (κ3) is 2.96. The minimum absolute atomic E-state index is 0.0362. The zero-order valence-corrected chi connectivity index (χ0v) is 9.24. The molecule has 1 saturated heterocycles. The van der Waals surface area contributed by atoms with Gasteiger partial charge in [-0.25, -0.2) is 0 Å². The van der Waals surface area contributed by atoms with Crippen LogP contribution in [0, 0.1) is 0 Å². The van der Waals surface area contributed by atoms with E-state index in [1.54, 1.807) is 0 Å². The Morgan fingerprint density at radius 1 is 1.40 bits per heavy atom. The molecule has 0 saturated carbocycles. The van der Waals surface area contributed by atoms with Crippen molar-refractivity contribution in [1.29, 1.82) is 0 Å². The van der Waals surface area contributed by atoms with Crippen LogP contribution in [-0.4, -0.2) is 12.9 Å². The molecule has 0 aliphatic carbocycles. The zero-order valence-electron chi connectivity index (χ0n) is 9.24. The first-order valence-electron chi connectivity index (χ1n) is 5.75. The summed E-state index contributed by atoms with van der Waals surface area (Å²) in [4.78, 5) is 0. The summed E-state index contributed by atoms with van der Waals surface area (Å²) in [6.07, 6.45) is 4.39. The summed E-state index contributed by atoms with van der Waals surface area (Å²) in [5.41, 5.74) is 1.31. The highest BCUT2D eigenvalue weighted by molar-refractivity contribution is 5.28. The molecular weight excluding hydrogens is 188 g/mol. The van der Waals surface area contributed by atoms with Crippen molar-refractivity contribution >= 4 is 0 Å². The number of aryl methyl sites for hydroxylation is 1. The largest absolute Gasteiger partial charge is 0.465 e. The maximum Gasteiger partial charge on any atom is 0.199 e. The fourth-order valence-corrected chi connectivity index (χ4v) is 1.79. The molecule has 0 bridgehead atoms. The number of benzene rings is 1. The first-order chi connectivity index (χ1) is 7.38. The van der Waals surface area contributed by atoms with Crippen molar-refractivity contribution < 1.29 is 9.47 Å². The van der Waals surface area contributed by atoms with E-state index in [1.165, 1.54) is 12.0 Å². The van der Waals surface area contributed by atoms with Crippen LogP contribution in [0.4, 0.5) is 0 Å². The van der Waals surface area contributed by atoms with Crippen molar-refractivity contribution in [3.8, 4) is 5.75 Å². The van der Waals surface area contributed by atoms with Crippen LogP contribution in [0.1, 0.15) is 31.7 Å². The highest BCUT2D eigenvalue weighted by Crippen LogP contribution is 2.20. The van der Waals surface area contributed by atoms with Gasteiger partial charge in [-0.3, -0.25) is 0 Å². The topological polar surface area (TPSA) is 18.5 Å². The SMILES string of the molecule is CCc1cccc(OC2CCCCO2)c1. The van der Waals surface area contributed by atoms with E-state index in [9.17, 15) is 0 Å². The molecule has 1 aromatic carbocycles.